The first kappa shape index (κ1) is 22.9. The van der Waals surface area contributed by atoms with Gasteiger partial charge in [-0.05, 0) is 36.8 Å². The smallest absolute Gasteiger partial charge is 0.349 e. The summed E-state index contributed by atoms with van der Waals surface area (Å²) in [5.74, 6) is -1.94. The second-order valence-electron chi connectivity index (χ2n) is 7.79. The predicted octanol–water partition coefficient (Wildman–Crippen LogP) is 2.91. The Bertz CT molecular complexity index is 1320. The fourth-order valence-electron chi connectivity index (χ4n) is 3.62. The first-order valence-corrected chi connectivity index (χ1v) is 10.9. The first-order chi connectivity index (χ1) is 16.4. The van der Waals surface area contributed by atoms with Crippen LogP contribution < -0.4 is 15.7 Å². The van der Waals surface area contributed by atoms with Crippen LogP contribution in [0, 0.1) is 0 Å². The number of amides is 3. The zero-order chi connectivity index (χ0) is 24.2. The molecule has 4 rings (SSSR count). The van der Waals surface area contributed by atoms with Crippen molar-refractivity contribution in [3.05, 3.63) is 75.6 Å². The summed E-state index contributed by atoms with van der Waals surface area (Å²) in [5, 5.41) is 3.16. The molecular weight excluding hydrogens is 440 g/mol. The van der Waals surface area contributed by atoms with Crippen molar-refractivity contribution in [3.63, 3.8) is 0 Å². The molecule has 0 atom stereocenters. The molecule has 1 aliphatic rings. The maximum atomic E-state index is 12.4. The van der Waals surface area contributed by atoms with Crippen LogP contribution in [0.15, 0.2) is 57.7 Å². The Kier molecular flexibility index (Phi) is 6.53. The van der Waals surface area contributed by atoms with Gasteiger partial charge in [-0.1, -0.05) is 25.5 Å². The molecule has 2 heterocycles. The van der Waals surface area contributed by atoms with E-state index >= 15 is 0 Å². The highest BCUT2D eigenvalue weighted by Gasteiger charge is 2.35. The van der Waals surface area contributed by atoms with Crippen LogP contribution in [0.5, 0.6) is 5.75 Å². The average molecular weight is 462 g/mol. The molecule has 1 aromatic heterocycles. The van der Waals surface area contributed by atoms with Crippen LogP contribution in [0.2, 0.25) is 0 Å². The number of imide groups is 1. The van der Waals surface area contributed by atoms with Crippen LogP contribution in [0.3, 0.4) is 0 Å². The van der Waals surface area contributed by atoms with Crippen LogP contribution in [0.25, 0.3) is 11.0 Å². The number of hydrogen-bond acceptors (Lipinski definition) is 7. The molecule has 0 bridgehead atoms. The van der Waals surface area contributed by atoms with Gasteiger partial charge in [0.15, 0.2) is 0 Å². The van der Waals surface area contributed by atoms with E-state index in [4.69, 9.17) is 9.15 Å². The zero-order valence-corrected chi connectivity index (χ0v) is 18.5. The topological polar surface area (TPSA) is 123 Å². The van der Waals surface area contributed by atoms with E-state index in [1.165, 1.54) is 18.2 Å². The molecule has 0 aliphatic carbocycles. The second-order valence-corrected chi connectivity index (χ2v) is 7.79. The third-order valence-corrected chi connectivity index (χ3v) is 5.42. The van der Waals surface area contributed by atoms with Crippen molar-refractivity contribution in [2.75, 3.05) is 13.1 Å². The molecule has 3 aromatic rings. The molecule has 0 radical (unpaired) electrons. The highest BCUT2D eigenvalue weighted by atomic mass is 16.5. The number of carbonyl (C=O) groups is 4. The molecule has 174 valence electrons. The molecule has 34 heavy (non-hydrogen) atoms. The fourth-order valence-corrected chi connectivity index (χ4v) is 3.62. The van der Waals surface area contributed by atoms with Crippen LogP contribution in [0.4, 0.5) is 0 Å². The Morgan fingerprint density at radius 2 is 1.71 bits per heavy atom. The molecular formula is C25H22N2O7. The summed E-state index contributed by atoms with van der Waals surface area (Å²) in [7, 11) is 0. The van der Waals surface area contributed by atoms with E-state index in [-0.39, 0.29) is 29.9 Å². The molecule has 2 aromatic carbocycles. The Morgan fingerprint density at radius 3 is 2.38 bits per heavy atom. The number of carbonyl (C=O) groups excluding carboxylic acids is 4. The summed E-state index contributed by atoms with van der Waals surface area (Å²) in [4.78, 5) is 62.5. The molecule has 9 heteroatoms. The number of benzene rings is 2. The van der Waals surface area contributed by atoms with E-state index in [2.05, 4.69) is 5.32 Å². The maximum absolute atomic E-state index is 12.4. The van der Waals surface area contributed by atoms with E-state index in [1.807, 2.05) is 6.92 Å². The maximum Gasteiger partial charge on any atom is 0.349 e. The van der Waals surface area contributed by atoms with E-state index in [9.17, 15) is 24.0 Å². The van der Waals surface area contributed by atoms with Crippen LogP contribution in [-0.4, -0.2) is 41.7 Å². The summed E-state index contributed by atoms with van der Waals surface area (Å²) in [6.45, 7) is 2.33. The lowest BCUT2D eigenvalue weighted by molar-refractivity contribution is -0.134. The fraction of sp³-hybridized carbons (Fsp3) is 0.240. The average Bonchev–Trinajstić information content (AvgIpc) is 3.07. The van der Waals surface area contributed by atoms with E-state index in [0.29, 0.717) is 23.1 Å². The van der Waals surface area contributed by atoms with Gasteiger partial charge in [0.1, 0.15) is 16.9 Å². The van der Waals surface area contributed by atoms with Gasteiger partial charge in [-0.15, -0.1) is 0 Å². The third kappa shape index (κ3) is 4.59. The van der Waals surface area contributed by atoms with Gasteiger partial charge in [-0.25, -0.2) is 4.79 Å². The van der Waals surface area contributed by atoms with Crippen LogP contribution >= 0.6 is 0 Å². The second kappa shape index (κ2) is 9.70. The van der Waals surface area contributed by atoms with Crippen molar-refractivity contribution in [3.8, 4) is 5.75 Å². The Balaban J connectivity index is 1.40. The minimum Gasteiger partial charge on any atom is -0.426 e. The number of unbranched alkanes of at least 4 members (excludes halogenated alkanes) is 1. The summed E-state index contributed by atoms with van der Waals surface area (Å²) in [6.07, 6.45) is 1.50. The quantitative estimate of drug-likeness (QED) is 0.179. The number of esters is 1. The Morgan fingerprint density at radius 1 is 1.00 bits per heavy atom. The van der Waals surface area contributed by atoms with Gasteiger partial charge in [0.05, 0.1) is 17.5 Å². The number of fused-ring (bicyclic) bond motifs is 2. The van der Waals surface area contributed by atoms with Gasteiger partial charge < -0.3 is 14.5 Å². The molecule has 0 saturated heterocycles. The number of hydrogen-bond donors (Lipinski definition) is 1. The van der Waals surface area contributed by atoms with Crippen molar-refractivity contribution >= 4 is 34.7 Å². The van der Waals surface area contributed by atoms with Gasteiger partial charge in [0.2, 0.25) is 0 Å². The van der Waals surface area contributed by atoms with Crippen molar-refractivity contribution < 1.29 is 28.3 Å². The van der Waals surface area contributed by atoms with Gasteiger partial charge in [-0.2, -0.15) is 0 Å². The van der Waals surface area contributed by atoms with Crippen molar-refractivity contribution in [2.45, 2.75) is 26.2 Å². The van der Waals surface area contributed by atoms with Crippen LogP contribution in [0.1, 0.15) is 57.3 Å². The Labute approximate surface area is 194 Å². The van der Waals surface area contributed by atoms with Gasteiger partial charge >= 0.3 is 11.6 Å². The van der Waals surface area contributed by atoms with E-state index in [1.54, 1.807) is 30.3 Å². The van der Waals surface area contributed by atoms with E-state index in [0.717, 1.165) is 17.7 Å². The number of rotatable bonds is 8. The first-order valence-electron chi connectivity index (χ1n) is 10.9. The minimum atomic E-state index is -0.796. The van der Waals surface area contributed by atoms with Gasteiger partial charge in [-0.3, -0.25) is 24.1 Å². The zero-order valence-electron chi connectivity index (χ0n) is 18.5. The molecule has 0 saturated carbocycles. The molecule has 3 amide bonds. The lowest BCUT2D eigenvalue weighted by atomic mass is 10.1. The van der Waals surface area contributed by atoms with E-state index < -0.39 is 29.3 Å². The standard InChI is InChI=1S/C25H22N2O7/c1-2-3-11-26-22(29)19-13-15-8-9-16(14-20(15)34-25(19)32)33-21(28)10-12-27-23(30)17-6-4-5-7-18(17)24(27)31/h4-9,13-14H,2-3,10-12H2,1H3,(H,26,29). The van der Waals surface area contributed by atoms with Gasteiger partial charge in [0.25, 0.3) is 17.7 Å². The summed E-state index contributed by atoms with van der Waals surface area (Å²) in [5.41, 5.74) is -0.127. The van der Waals surface area contributed by atoms with Crippen LogP contribution in [-0.2, 0) is 4.79 Å². The summed E-state index contributed by atoms with van der Waals surface area (Å²) >= 11 is 0. The highest BCUT2D eigenvalue weighted by Crippen LogP contribution is 2.24. The molecule has 0 unspecified atom stereocenters. The summed E-state index contributed by atoms with van der Waals surface area (Å²) in [6, 6.07) is 12.3. The molecule has 1 N–H and O–H groups in total. The van der Waals surface area contributed by atoms with Crippen molar-refractivity contribution in [1.82, 2.24) is 10.2 Å². The monoisotopic (exact) mass is 462 g/mol. The van der Waals surface area contributed by atoms with Gasteiger partial charge in [0, 0.05) is 24.5 Å². The molecule has 1 aliphatic heterocycles. The van der Waals surface area contributed by atoms with Crippen molar-refractivity contribution in [2.24, 2.45) is 0 Å². The molecule has 9 nitrogen and oxygen atoms in total. The number of nitrogens with one attached hydrogen (secondary N) is 1. The Hall–Kier alpha value is -4.27. The molecule has 0 spiro atoms. The normalized spacial score (nSPS) is 12.7. The number of nitrogens with zero attached hydrogens (tertiary/aromatic N) is 1. The largest absolute Gasteiger partial charge is 0.426 e. The number of ether oxygens (including phenoxy) is 1. The van der Waals surface area contributed by atoms with Crippen molar-refractivity contribution in [1.29, 1.82) is 0 Å². The highest BCUT2D eigenvalue weighted by molar-refractivity contribution is 6.21. The third-order valence-electron chi connectivity index (χ3n) is 5.42. The lowest BCUT2D eigenvalue weighted by Gasteiger charge is -2.13. The SMILES string of the molecule is CCCCNC(=O)c1cc2ccc(OC(=O)CCN3C(=O)c4ccccc4C3=O)cc2oc1=O. The minimum absolute atomic E-state index is 0.103. The lowest BCUT2D eigenvalue weighted by Crippen LogP contribution is -2.32. The summed E-state index contributed by atoms with van der Waals surface area (Å²) < 4.78 is 10.5. The predicted molar refractivity (Wildman–Crippen MR) is 122 cm³/mol. The molecule has 0 fully saturated rings.